The summed E-state index contributed by atoms with van der Waals surface area (Å²) < 4.78 is 5.27. The number of carbonyl (C=O) groups excluding carboxylic acids is 1. The van der Waals surface area contributed by atoms with Crippen molar-refractivity contribution in [3.05, 3.63) is 0 Å². The highest BCUT2D eigenvalue weighted by Crippen LogP contribution is 2.22. The molecule has 0 aliphatic carbocycles. The summed E-state index contributed by atoms with van der Waals surface area (Å²) in [5, 5.41) is 14.4. The van der Waals surface area contributed by atoms with E-state index in [0.29, 0.717) is 18.9 Å². The van der Waals surface area contributed by atoms with Crippen LogP contribution in [0, 0.1) is 5.92 Å². The molecule has 0 bridgehead atoms. The Balaban J connectivity index is 1.97. The van der Waals surface area contributed by atoms with E-state index in [-0.39, 0.29) is 12.5 Å². The lowest BCUT2D eigenvalue weighted by Gasteiger charge is -2.21. The molecule has 1 amide bonds. The molecule has 15 heavy (non-hydrogen) atoms. The highest BCUT2D eigenvalue weighted by molar-refractivity contribution is 6.06. The van der Waals surface area contributed by atoms with Crippen LogP contribution in [0.3, 0.4) is 0 Å². The first kappa shape index (κ1) is 10.6. The minimum atomic E-state index is -0.0315. The summed E-state index contributed by atoms with van der Waals surface area (Å²) in [7, 11) is 0. The Labute approximate surface area is 88.7 Å². The van der Waals surface area contributed by atoms with E-state index in [1.54, 1.807) is 0 Å². The number of nitrogens with zero attached hydrogens (tertiary/aromatic N) is 2. The monoisotopic (exact) mass is 212 g/mol. The number of hydrazone groups is 1. The lowest BCUT2D eigenvalue weighted by Crippen LogP contribution is -2.24. The summed E-state index contributed by atoms with van der Waals surface area (Å²) >= 11 is 0. The van der Waals surface area contributed by atoms with Crippen LogP contribution in [0.4, 0.5) is 0 Å². The molecule has 1 N–H and O–H groups in total. The number of amides is 1. The van der Waals surface area contributed by atoms with Crippen molar-refractivity contribution in [2.45, 2.75) is 19.3 Å². The predicted molar refractivity (Wildman–Crippen MR) is 54.4 cm³/mol. The van der Waals surface area contributed by atoms with Crippen molar-refractivity contribution in [3.63, 3.8) is 0 Å². The Morgan fingerprint density at radius 3 is 2.87 bits per heavy atom. The molecule has 5 heteroatoms. The maximum atomic E-state index is 11.5. The largest absolute Gasteiger partial charge is 0.394 e. The van der Waals surface area contributed by atoms with Crippen LogP contribution in [0.1, 0.15) is 19.3 Å². The SMILES string of the molecule is O=C1CC(C2CCOCC2)=NN1CCO. The van der Waals surface area contributed by atoms with Gasteiger partial charge in [-0.3, -0.25) is 4.79 Å². The van der Waals surface area contributed by atoms with Gasteiger partial charge in [0.25, 0.3) is 0 Å². The van der Waals surface area contributed by atoms with Gasteiger partial charge in [-0.25, -0.2) is 5.01 Å². The summed E-state index contributed by atoms with van der Waals surface area (Å²) in [5.74, 6) is 0.400. The second-order valence-electron chi connectivity index (χ2n) is 3.90. The van der Waals surface area contributed by atoms with Crippen molar-refractivity contribution in [1.29, 1.82) is 0 Å². The molecule has 5 nitrogen and oxygen atoms in total. The van der Waals surface area contributed by atoms with Crippen molar-refractivity contribution in [3.8, 4) is 0 Å². The van der Waals surface area contributed by atoms with Gasteiger partial charge in [0.2, 0.25) is 5.91 Å². The van der Waals surface area contributed by atoms with E-state index in [0.717, 1.165) is 31.8 Å². The molecule has 1 saturated heterocycles. The third-order valence-electron chi connectivity index (χ3n) is 2.87. The number of aliphatic hydroxyl groups is 1. The second kappa shape index (κ2) is 4.72. The van der Waals surface area contributed by atoms with Gasteiger partial charge in [0.15, 0.2) is 0 Å². The van der Waals surface area contributed by atoms with Crippen LogP contribution in [-0.2, 0) is 9.53 Å². The maximum Gasteiger partial charge on any atom is 0.248 e. The van der Waals surface area contributed by atoms with Gasteiger partial charge in [0.05, 0.1) is 25.3 Å². The predicted octanol–water partition coefficient (Wildman–Crippen LogP) is -0.00640. The number of ether oxygens (including phenoxy) is 1. The van der Waals surface area contributed by atoms with E-state index in [2.05, 4.69) is 5.10 Å². The third-order valence-corrected chi connectivity index (χ3v) is 2.87. The fourth-order valence-electron chi connectivity index (χ4n) is 2.02. The summed E-state index contributed by atoms with van der Waals surface area (Å²) in [6.07, 6.45) is 2.34. The molecule has 2 aliphatic rings. The summed E-state index contributed by atoms with van der Waals surface area (Å²) in [6.45, 7) is 1.80. The summed E-state index contributed by atoms with van der Waals surface area (Å²) in [4.78, 5) is 11.5. The fourth-order valence-corrected chi connectivity index (χ4v) is 2.02. The standard InChI is InChI=1S/C10H16N2O3/c13-4-3-12-10(14)7-9(11-12)8-1-5-15-6-2-8/h8,13H,1-7H2. The third kappa shape index (κ3) is 2.35. The van der Waals surface area contributed by atoms with Gasteiger partial charge in [0, 0.05) is 19.1 Å². The fraction of sp³-hybridized carbons (Fsp3) is 0.800. The Morgan fingerprint density at radius 2 is 2.20 bits per heavy atom. The van der Waals surface area contributed by atoms with Crippen LogP contribution in [-0.4, -0.2) is 48.1 Å². The van der Waals surface area contributed by atoms with Crippen LogP contribution in [0.15, 0.2) is 5.10 Å². The molecular weight excluding hydrogens is 196 g/mol. The van der Waals surface area contributed by atoms with Crippen LogP contribution in [0.25, 0.3) is 0 Å². The van der Waals surface area contributed by atoms with Crippen molar-refractivity contribution in [1.82, 2.24) is 5.01 Å². The molecule has 2 aliphatic heterocycles. The molecule has 0 saturated carbocycles. The molecule has 0 aromatic rings. The lowest BCUT2D eigenvalue weighted by atomic mass is 9.93. The average Bonchev–Trinajstić information content (AvgIpc) is 2.63. The topological polar surface area (TPSA) is 62.1 Å². The summed E-state index contributed by atoms with van der Waals surface area (Å²) in [5.41, 5.74) is 0.969. The molecule has 0 unspecified atom stereocenters. The van der Waals surface area contributed by atoms with Crippen LogP contribution >= 0.6 is 0 Å². The first-order valence-electron chi connectivity index (χ1n) is 5.37. The van der Waals surface area contributed by atoms with E-state index in [1.807, 2.05) is 0 Å². The number of hydrogen-bond donors (Lipinski definition) is 1. The minimum Gasteiger partial charge on any atom is -0.394 e. The van der Waals surface area contributed by atoms with Gasteiger partial charge in [-0.1, -0.05) is 0 Å². The van der Waals surface area contributed by atoms with Gasteiger partial charge in [-0.2, -0.15) is 5.10 Å². The quantitative estimate of drug-likeness (QED) is 0.716. The zero-order valence-electron chi connectivity index (χ0n) is 8.69. The number of carbonyl (C=O) groups is 1. The van der Waals surface area contributed by atoms with Crippen molar-refractivity contribution >= 4 is 11.6 Å². The smallest absolute Gasteiger partial charge is 0.248 e. The van der Waals surface area contributed by atoms with E-state index in [9.17, 15) is 4.79 Å². The first-order valence-corrected chi connectivity index (χ1v) is 5.37. The van der Waals surface area contributed by atoms with Crippen molar-refractivity contribution in [2.24, 2.45) is 11.0 Å². The maximum absolute atomic E-state index is 11.5. The lowest BCUT2D eigenvalue weighted by molar-refractivity contribution is -0.129. The Kier molecular flexibility index (Phi) is 3.33. The van der Waals surface area contributed by atoms with E-state index in [1.165, 1.54) is 5.01 Å². The highest BCUT2D eigenvalue weighted by atomic mass is 16.5. The molecule has 0 radical (unpaired) electrons. The van der Waals surface area contributed by atoms with E-state index < -0.39 is 0 Å². The van der Waals surface area contributed by atoms with E-state index in [4.69, 9.17) is 9.84 Å². The normalized spacial score (nSPS) is 23.4. The molecule has 0 aromatic heterocycles. The van der Waals surface area contributed by atoms with Crippen molar-refractivity contribution < 1.29 is 14.6 Å². The Bertz CT molecular complexity index is 272. The number of hydrogen-bond acceptors (Lipinski definition) is 4. The molecule has 2 rings (SSSR count). The molecular formula is C10H16N2O3. The molecule has 0 aromatic carbocycles. The molecule has 0 atom stereocenters. The van der Waals surface area contributed by atoms with Gasteiger partial charge in [-0.15, -0.1) is 0 Å². The molecule has 2 heterocycles. The van der Waals surface area contributed by atoms with Crippen LogP contribution in [0.2, 0.25) is 0 Å². The summed E-state index contributed by atoms with van der Waals surface area (Å²) in [6, 6.07) is 0. The Morgan fingerprint density at radius 1 is 1.47 bits per heavy atom. The molecule has 1 fully saturated rings. The van der Waals surface area contributed by atoms with Crippen LogP contribution < -0.4 is 0 Å². The second-order valence-corrected chi connectivity index (χ2v) is 3.90. The highest BCUT2D eigenvalue weighted by Gasteiger charge is 2.29. The zero-order valence-corrected chi connectivity index (χ0v) is 8.69. The van der Waals surface area contributed by atoms with Crippen molar-refractivity contribution in [2.75, 3.05) is 26.4 Å². The first-order chi connectivity index (χ1) is 7.31. The molecule has 84 valence electrons. The van der Waals surface area contributed by atoms with Gasteiger partial charge < -0.3 is 9.84 Å². The van der Waals surface area contributed by atoms with Gasteiger partial charge in [0.1, 0.15) is 0 Å². The average molecular weight is 212 g/mol. The van der Waals surface area contributed by atoms with Gasteiger partial charge in [-0.05, 0) is 12.8 Å². The van der Waals surface area contributed by atoms with Gasteiger partial charge >= 0.3 is 0 Å². The van der Waals surface area contributed by atoms with E-state index >= 15 is 0 Å². The Hall–Kier alpha value is -0.940. The zero-order chi connectivity index (χ0) is 10.7. The number of β-amino-alcohol motifs (C(OH)–C–C–N with tert-alkyl or cyclic N) is 1. The number of rotatable bonds is 3. The van der Waals surface area contributed by atoms with Crippen LogP contribution in [0.5, 0.6) is 0 Å². The molecule has 0 spiro atoms. The number of aliphatic hydroxyl groups excluding tert-OH is 1. The minimum absolute atomic E-state index is 0.00513.